The Morgan fingerprint density at radius 3 is 2.67 bits per heavy atom. The molecular formula is C13H11BrClFN2. The molecular weight excluding hydrogens is 319 g/mol. The summed E-state index contributed by atoms with van der Waals surface area (Å²) < 4.78 is 14.0. The van der Waals surface area contributed by atoms with Gasteiger partial charge in [-0.05, 0) is 52.7 Å². The van der Waals surface area contributed by atoms with Gasteiger partial charge in [0.25, 0.3) is 0 Å². The van der Waals surface area contributed by atoms with Crippen molar-refractivity contribution in [2.24, 2.45) is 0 Å². The molecule has 1 heterocycles. The van der Waals surface area contributed by atoms with E-state index in [-0.39, 0.29) is 5.02 Å². The molecule has 1 aromatic carbocycles. The summed E-state index contributed by atoms with van der Waals surface area (Å²) in [6, 6.07) is 6.58. The number of halogens is 3. The lowest BCUT2D eigenvalue weighted by Crippen LogP contribution is -2.12. The van der Waals surface area contributed by atoms with Crippen LogP contribution in [0.5, 0.6) is 0 Å². The zero-order valence-corrected chi connectivity index (χ0v) is 12.3. The molecule has 2 nitrogen and oxygen atoms in total. The Kier molecular flexibility index (Phi) is 3.88. The molecule has 0 saturated carbocycles. The van der Waals surface area contributed by atoms with Crippen LogP contribution in [0.15, 0.2) is 34.9 Å². The fourth-order valence-electron chi connectivity index (χ4n) is 1.70. The lowest BCUT2D eigenvalue weighted by molar-refractivity contribution is 0.628. The van der Waals surface area contributed by atoms with Crippen LogP contribution < -0.4 is 4.90 Å². The number of rotatable bonds is 2. The molecule has 0 atom stereocenters. The van der Waals surface area contributed by atoms with Gasteiger partial charge in [-0.3, -0.25) is 0 Å². The first-order valence-corrected chi connectivity index (χ1v) is 6.47. The van der Waals surface area contributed by atoms with Gasteiger partial charge in [0.1, 0.15) is 11.6 Å². The minimum atomic E-state index is -0.422. The van der Waals surface area contributed by atoms with Gasteiger partial charge < -0.3 is 4.90 Å². The molecule has 2 aromatic rings. The molecule has 0 aliphatic carbocycles. The van der Waals surface area contributed by atoms with Crippen LogP contribution in [0.25, 0.3) is 0 Å². The van der Waals surface area contributed by atoms with Crippen molar-refractivity contribution in [3.63, 3.8) is 0 Å². The first-order chi connectivity index (χ1) is 8.49. The normalized spacial score (nSPS) is 10.5. The summed E-state index contributed by atoms with van der Waals surface area (Å²) in [7, 11) is 1.87. The Morgan fingerprint density at radius 2 is 2.06 bits per heavy atom. The lowest BCUT2D eigenvalue weighted by Gasteiger charge is -2.20. The molecule has 94 valence electrons. The van der Waals surface area contributed by atoms with E-state index in [1.165, 1.54) is 6.07 Å². The van der Waals surface area contributed by atoms with Crippen LogP contribution in [-0.2, 0) is 0 Å². The van der Waals surface area contributed by atoms with E-state index in [0.29, 0.717) is 0 Å². The largest absolute Gasteiger partial charge is 0.329 e. The molecule has 0 aliphatic heterocycles. The van der Waals surface area contributed by atoms with Gasteiger partial charge in [-0.25, -0.2) is 9.37 Å². The number of anilines is 2. The van der Waals surface area contributed by atoms with Gasteiger partial charge in [-0.15, -0.1) is 0 Å². The van der Waals surface area contributed by atoms with Gasteiger partial charge in [0, 0.05) is 23.4 Å². The predicted molar refractivity (Wildman–Crippen MR) is 76.1 cm³/mol. The van der Waals surface area contributed by atoms with Crippen molar-refractivity contribution in [3.05, 3.63) is 51.3 Å². The molecule has 0 radical (unpaired) electrons. The number of nitrogens with zero attached hydrogens (tertiary/aromatic N) is 2. The second-order valence-electron chi connectivity index (χ2n) is 3.95. The minimum Gasteiger partial charge on any atom is -0.329 e. The van der Waals surface area contributed by atoms with Gasteiger partial charge in [0.05, 0.1) is 5.02 Å². The van der Waals surface area contributed by atoms with E-state index in [9.17, 15) is 4.39 Å². The van der Waals surface area contributed by atoms with Gasteiger partial charge in [0.2, 0.25) is 0 Å². The van der Waals surface area contributed by atoms with Crippen molar-refractivity contribution in [2.75, 3.05) is 11.9 Å². The van der Waals surface area contributed by atoms with Gasteiger partial charge in [0.15, 0.2) is 0 Å². The Balaban J connectivity index is 2.41. The second kappa shape index (κ2) is 5.24. The van der Waals surface area contributed by atoms with Gasteiger partial charge in [-0.1, -0.05) is 11.6 Å². The van der Waals surface area contributed by atoms with E-state index in [4.69, 9.17) is 11.6 Å². The zero-order valence-electron chi connectivity index (χ0n) is 9.92. The van der Waals surface area contributed by atoms with E-state index in [2.05, 4.69) is 20.9 Å². The fraction of sp³-hybridized carbons (Fsp3) is 0.154. The topological polar surface area (TPSA) is 16.1 Å². The monoisotopic (exact) mass is 328 g/mol. The van der Waals surface area contributed by atoms with E-state index in [1.807, 2.05) is 24.9 Å². The lowest BCUT2D eigenvalue weighted by atomic mass is 10.2. The number of benzene rings is 1. The Morgan fingerprint density at radius 1 is 1.33 bits per heavy atom. The highest BCUT2D eigenvalue weighted by atomic mass is 79.9. The quantitative estimate of drug-likeness (QED) is 0.793. The third-order valence-corrected chi connectivity index (χ3v) is 3.35. The molecule has 0 bridgehead atoms. The Labute approximate surface area is 119 Å². The van der Waals surface area contributed by atoms with Crippen molar-refractivity contribution in [3.8, 4) is 0 Å². The number of aromatic nitrogens is 1. The zero-order chi connectivity index (χ0) is 13.3. The average molecular weight is 330 g/mol. The molecule has 0 amide bonds. The molecule has 0 spiro atoms. The molecule has 0 N–H and O–H groups in total. The van der Waals surface area contributed by atoms with Crippen LogP contribution in [0, 0.1) is 12.7 Å². The van der Waals surface area contributed by atoms with E-state index in [1.54, 1.807) is 18.3 Å². The van der Waals surface area contributed by atoms with Crippen molar-refractivity contribution < 1.29 is 4.39 Å². The van der Waals surface area contributed by atoms with Crippen molar-refractivity contribution in [1.29, 1.82) is 0 Å². The standard InChI is InChI=1S/C13H11BrClFN2/c1-8-5-9(14)7-17-13(8)18(2)10-3-4-12(16)11(15)6-10/h3-7H,1-2H3. The maximum Gasteiger partial charge on any atom is 0.141 e. The maximum absolute atomic E-state index is 13.1. The predicted octanol–water partition coefficient (Wildman–Crippen LogP) is 4.71. The number of hydrogen-bond acceptors (Lipinski definition) is 2. The molecule has 18 heavy (non-hydrogen) atoms. The Hall–Kier alpha value is -1.13. The average Bonchev–Trinajstić information content (AvgIpc) is 2.32. The molecule has 2 rings (SSSR count). The number of hydrogen-bond donors (Lipinski definition) is 0. The molecule has 0 aliphatic rings. The highest BCUT2D eigenvalue weighted by Crippen LogP contribution is 2.29. The summed E-state index contributed by atoms with van der Waals surface area (Å²) in [6.07, 6.45) is 1.73. The van der Waals surface area contributed by atoms with Crippen LogP contribution in [0.3, 0.4) is 0 Å². The summed E-state index contributed by atoms with van der Waals surface area (Å²) in [6.45, 7) is 1.97. The van der Waals surface area contributed by atoms with Gasteiger partial charge >= 0.3 is 0 Å². The Bertz CT molecular complexity index is 589. The summed E-state index contributed by atoms with van der Waals surface area (Å²) in [5.74, 6) is 0.384. The van der Waals surface area contributed by atoms with E-state index < -0.39 is 5.82 Å². The number of aryl methyl sites for hydroxylation is 1. The highest BCUT2D eigenvalue weighted by Gasteiger charge is 2.10. The first-order valence-electron chi connectivity index (χ1n) is 5.30. The van der Waals surface area contributed by atoms with Crippen molar-refractivity contribution in [2.45, 2.75) is 6.92 Å². The third-order valence-electron chi connectivity index (χ3n) is 2.63. The van der Waals surface area contributed by atoms with Gasteiger partial charge in [-0.2, -0.15) is 0 Å². The van der Waals surface area contributed by atoms with Crippen LogP contribution in [0.2, 0.25) is 5.02 Å². The number of pyridine rings is 1. The van der Waals surface area contributed by atoms with Crippen LogP contribution >= 0.6 is 27.5 Å². The second-order valence-corrected chi connectivity index (χ2v) is 5.27. The molecule has 0 unspecified atom stereocenters. The molecule has 0 saturated heterocycles. The summed E-state index contributed by atoms with van der Waals surface area (Å²) >= 11 is 9.15. The maximum atomic E-state index is 13.1. The minimum absolute atomic E-state index is 0.106. The van der Waals surface area contributed by atoms with E-state index >= 15 is 0 Å². The van der Waals surface area contributed by atoms with Crippen LogP contribution in [0.1, 0.15) is 5.56 Å². The first kappa shape index (κ1) is 13.3. The third kappa shape index (κ3) is 2.65. The molecule has 1 aromatic heterocycles. The summed E-state index contributed by atoms with van der Waals surface area (Å²) in [5, 5.41) is 0.106. The molecule has 5 heteroatoms. The van der Waals surface area contributed by atoms with Crippen LogP contribution in [-0.4, -0.2) is 12.0 Å². The molecule has 0 fully saturated rings. The highest BCUT2D eigenvalue weighted by molar-refractivity contribution is 9.10. The van der Waals surface area contributed by atoms with Crippen molar-refractivity contribution in [1.82, 2.24) is 4.98 Å². The smallest absolute Gasteiger partial charge is 0.141 e. The van der Waals surface area contributed by atoms with E-state index in [0.717, 1.165) is 21.5 Å². The SMILES string of the molecule is Cc1cc(Br)cnc1N(C)c1ccc(F)c(Cl)c1. The fourth-order valence-corrected chi connectivity index (χ4v) is 2.32. The summed E-state index contributed by atoms with van der Waals surface area (Å²) in [5.41, 5.74) is 1.81. The summed E-state index contributed by atoms with van der Waals surface area (Å²) in [4.78, 5) is 6.22. The van der Waals surface area contributed by atoms with Crippen molar-refractivity contribution >= 4 is 39.0 Å². The van der Waals surface area contributed by atoms with Crippen LogP contribution in [0.4, 0.5) is 15.9 Å².